The van der Waals surface area contributed by atoms with Crippen molar-refractivity contribution in [1.29, 1.82) is 5.26 Å². The number of nitriles is 1. The Labute approximate surface area is 181 Å². The summed E-state index contributed by atoms with van der Waals surface area (Å²) >= 11 is 0. The van der Waals surface area contributed by atoms with E-state index in [0.29, 0.717) is 69.7 Å². The highest BCUT2D eigenvalue weighted by molar-refractivity contribution is 5.98. The van der Waals surface area contributed by atoms with Crippen LogP contribution in [0.2, 0.25) is 0 Å². The van der Waals surface area contributed by atoms with Crippen LogP contribution >= 0.6 is 0 Å². The summed E-state index contributed by atoms with van der Waals surface area (Å²) in [6.45, 7) is 8.24. The number of carbonyl (C=O) groups excluding carboxylic acids is 2. The third kappa shape index (κ3) is 4.09. The molecule has 2 amide bonds. The fourth-order valence-electron chi connectivity index (χ4n) is 4.22. The van der Waals surface area contributed by atoms with E-state index in [1.165, 1.54) is 0 Å². The molecule has 2 aliphatic heterocycles. The summed E-state index contributed by atoms with van der Waals surface area (Å²) in [5, 5.41) is 9.71. The fourth-order valence-corrected chi connectivity index (χ4v) is 4.22. The van der Waals surface area contributed by atoms with Gasteiger partial charge in [-0.25, -0.2) is 0 Å². The van der Waals surface area contributed by atoms with E-state index >= 15 is 0 Å². The number of furan rings is 1. The van der Waals surface area contributed by atoms with Gasteiger partial charge >= 0.3 is 0 Å². The van der Waals surface area contributed by atoms with Gasteiger partial charge in [0.05, 0.1) is 19.3 Å². The fraction of sp³-hybridized carbons (Fsp3) is 0.500. The quantitative estimate of drug-likeness (QED) is 0.732. The molecule has 4 heterocycles. The zero-order valence-corrected chi connectivity index (χ0v) is 17.9. The molecule has 1 atom stereocenters. The number of piperazine rings is 1. The Balaban J connectivity index is 1.43. The maximum absolute atomic E-state index is 13.2. The summed E-state index contributed by atoms with van der Waals surface area (Å²) in [5.41, 5.74) is 0.564. The van der Waals surface area contributed by atoms with Gasteiger partial charge in [0, 0.05) is 51.7 Å². The number of carbonyl (C=O) groups is 2. The van der Waals surface area contributed by atoms with Crippen molar-refractivity contribution in [3.8, 4) is 12.0 Å². The van der Waals surface area contributed by atoms with Gasteiger partial charge in [0.25, 0.3) is 5.91 Å². The summed E-state index contributed by atoms with van der Waals surface area (Å²) in [6.07, 6.45) is 3.55. The third-order valence-corrected chi connectivity index (χ3v) is 6.06. The van der Waals surface area contributed by atoms with Gasteiger partial charge in [-0.1, -0.05) is 0 Å². The Kier molecular flexibility index (Phi) is 6.11. The molecule has 0 aromatic carbocycles. The van der Waals surface area contributed by atoms with Gasteiger partial charge < -0.3 is 19.0 Å². The lowest BCUT2D eigenvalue weighted by molar-refractivity contribution is -0.141. The molecule has 0 aliphatic carbocycles. The van der Waals surface area contributed by atoms with Crippen molar-refractivity contribution < 1.29 is 18.7 Å². The van der Waals surface area contributed by atoms with Crippen LogP contribution < -0.4 is 0 Å². The third-order valence-electron chi connectivity index (χ3n) is 6.06. The summed E-state index contributed by atoms with van der Waals surface area (Å²) in [6, 6.07) is 5.57. The summed E-state index contributed by atoms with van der Waals surface area (Å²) in [5.74, 6) is 0.695. The minimum atomic E-state index is -0.235. The molecule has 0 saturated carbocycles. The van der Waals surface area contributed by atoms with Gasteiger partial charge in [0.15, 0.2) is 0 Å². The highest BCUT2D eigenvalue weighted by Crippen LogP contribution is 2.27. The molecular formula is C22H27N5O4. The molecule has 0 N–H and O–H groups in total. The maximum Gasteiger partial charge on any atom is 0.258 e. The van der Waals surface area contributed by atoms with E-state index in [-0.39, 0.29) is 23.4 Å². The highest BCUT2D eigenvalue weighted by Gasteiger charge is 2.33. The van der Waals surface area contributed by atoms with Crippen molar-refractivity contribution in [2.75, 3.05) is 52.5 Å². The standard InChI is InChI=1S/C22H27N5O4/c1-16(20(28)26-11-13-30-14-12-26)24-7-9-25(10-8-24)21(29)19-17(2)31-22(18(19)15-23)27-5-3-4-6-27/h3-6,16H,7-14H2,1-2H3. The highest BCUT2D eigenvalue weighted by atomic mass is 16.5. The van der Waals surface area contributed by atoms with Crippen LogP contribution in [-0.2, 0) is 9.53 Å². The molecule has 2 fully saturated rings. The first-order chi connectivity index (χ1) is 15.0. The zero-order valence-electron chi connectivity index (χ0n) is 17.9. The van der Waals surface area contributed by atoms with Gasteiger partial charge in [-0.2, -0.15) is 5.26 Å². The molecule has 0 bridgehead atoms. The van der Waals surface area contributed by atoms with Gasteiger partial charge in [0.2, 0.25) is 11.8 Å². The number of aryl methyl sites for hydroxylation is 1. The van der Waals surface area contributed by atoms with Gasteiger partial charge in [-0.15, -0.1) is 0 Å². The number of nitrogens with zero attached hydrogens (tertiary/aromatic N) is 5. The van der Waals surface area contributed by atoms with E-state index in [2.05, 4.69) is 11.0 Å². The van der Waals surface area contributed by atoms with Crippen molar-refractivity contribution in [3.63, 3.8) is 0 Å². The number of hydrogen-bond donors (Lipinski definition) is 0. The molecule has 164 valence electrons. The molecule has 2 aromatic heterocycles. The van der Waals surface area contributed by atoms with Crippen LogP contribution in [0, 0.1) is 18.3 Å². The second-order valence-electron chi connectivity index (χ2n) is 7.86. The summed E-state index contributed by atoms with van der Waals surface area (Å²) in [7, 11) is 0. The van der Waals surface area contributed by atoms with Crippen molar-refractivity contribution >= 4 is 11.8 Å². The monoisotopic (exact) mass is 425 g/mol. The van der Waals surface area contributed by atoms with E-state index < -0.39 is 0 Å². The average Bonchev–Trinajstić information content (AvgIpc) is 3.45. The van der Waals surface area contributed by atoms with Crippen molar-refractivity contribution in [3.05, 3.63) is 41.4 Å². The molecule has 2 aliphatic rings. The lowest BCUT2D eigenvalue weighted by atomic mass is 10.1. The second-order valence-corrected chi connectivity index (χ2v) is 7.86. The van der Waals surface area contributed by atoms with Crippen LogP contribution in [0.3, 0.4) is 0 Å². The predicted molar refractivity (Wildman–Crippen MR) is 112 cm³/mol. The van der Waals surface area contributed by atoms with Gasteiger partial charge in [-0.05, 0) is 26.0 Å². The van der Waals surface area contributed by atoms with E-state index in [0.717, 1.165) is 0 Å². The van der Waals surface area contributed by atoms with Crippen LogP contribution in [-0.4, -0.2) is 89.6 Å². The first-order valence-electron chi connectivity index (χ1n) is 10.6. The Morgan fingerprint density at radius 2 is 1.68 bits per heavy atom. The molecule has 1 unspecified atom stereocenters. The molecule has 9 nitrogen and oxygen atoms in total. The molecule has 0 spiro atoms. The lowest BCUT2D eigenvalue weighted by Crippen LogP contribution is -2.56. The number of aromatic nitrogens is 1. The minimum absolute atomic E-state index is 0.108. The minimum Gasteiger partial charge on any atom is -0.443 e. The molecule has 31 heavy (non-hydrogen) atoms. The number of ether oxygens (including phenoxy) is 1. The first-order valence-corrected chi connectivity index (χ1v) is 10.6. The number of amides is 2. The summed E-state index contributed by atoms with van der Waals surface area (Å²) < 4.78 is 12.8. The lowest BCUT2D eigenvalue weighted by Gasteiger charge is -2.39. The van der Waals surface area contributed by atoms with Gasteiger partial charge in [-0.3, -0.25) is 19.1 Å². The van der Waals surface area contributed by atoms with E-state index in [4.69, 9.17) is 9.15 Å². The number of morpholine rings is 1. The normalized spacial score (nSPS) is 18.6. The Bertz CT molecular complexity index is 976. The Morgan fingerprint density at radius 3 is 2.29 bits per heavy atom. The van der Waals surface area contributed by atoms with Gasteiger partial charge in [0.1, 0.15) is 23.0 Å². The zero-order chi connectivity index (χ0) is 22.0. The Morgan fingerprint density at radius 1 is 1.03 bits per heavy atom. The van der Waals surface area contributed by atoms with Crippen molar-refractivity contribution in [1.82, 2.24) is 19.3 Å². The van der Waals surface area contributed by atoms with E-state index in [1.54, 1.807) is 28.8 Å². The van der Waals surface area contributed by atoms with Crippen LogP contribution in [0.1, 0.15) is 28.6 Å². The summed E-state index contributed by atoms with van der Waals surface area (Å²) in [4.78, 5) is 31.7. The SMILES string of the molecule is Cc1oc(-n2cccc2)c(C#N)c1C(=O)N1CCN(C(C)C(=O)N2CCOCC2)CC1. The van der Waals surface area contributed by atoms with Crippen LogP contribution in [0.25, 0.3) is 5.88 Å². The van der Waals surface area contributed by atoms with Crippen molar-refractivity contribution in [2.45, 2.75) is 19.9 Å². The molecule has 2 saturated heterocycles. The molecule has 0 radical (unpaired) electrons. The Hall–Kier alpha value is -3.09. The average molecular weight is 425 g/mol. The molecule has 9 heteroatoms. The topological polar surface area (TPSA) is 94.9 Å². The smallest absolute Gasteiger partial charge is 0.258 e. The van der Waals surface area contributed by atoms with Crippen LogP contribution in [0.4, 0.5) is 0 Å². The molecule has 4 rings (SSSR count). The maximum atomic E-state index is 13.2. The van der Waals surface area contributed by atoms with Crippen LogP contribution in [0.5, 0.6) is 0 Å². The molecular weight excluding hydrogens is 398 g/mol. The second kappa shape index (κ2) is 8.96. The molecule has 2 aromatic rings. The van der Waals surface area contributed by atoms with Crippen LogP contribution in [0.15, 0.2) is 28.9 Å². The first kappa shape index (κ1) is 21.2. The van der Waals surface area contributed by atoms with E-state index in [1.807, 2.05) is 24.0 Å². The van der Waals surface area contributed by atoms with E-state index in [9.17, 15) is 14.9 Å². The number of hydrogen-bond acceptors (Lipinski definition) is 6. The number of rotatable bonds is 4. The largest absolute Gasteiger partial charge is 0.443 e. The van der Waals surface area contributed by atoms with Crippen molar-refractivity contribution in [2.24, 2.45) is 0 Å². The predicted octanol–water partition coefficient (Wildman–Crippen LogP) is 1.26.